The van der Waals surface area contributed by atoms with Crippen LogP contribution in [-0.4, -0.2) is 43.9 Å². The third-order valence-corrected chi connectivity index (χ3v) is 4.85. The minimum atomic E-state index is 0.342. The van der Waals surface area contributed by atoms with Crippen molar-refractivity contribution in [3.8, 4) is 0 Å². The van der Waals surface area contributed by atoms with Crippen molar-refractivity contribution in [2.75, 3.05) is 44.0 Å². The average molecular weight is 294 g/mol. The van der Waals surface area contributed by atoms with Crippen molar-refractivity contribution in [2.24, 2.45) is 0 Å². The molecule has 0 bridgehead atoms. The number of benzene rings is 1. The summed E-state index contributed by atoms with van der Waals surface area (Å²) >= 11 is 2.08. The molecule has 1 aliphatic rings. The number of ether oxygens (including phenoxy) is 1. The van der Waals surface area contributed by atoms with Gasteiger partial charge in [0.2, 0.25) is 0 Å². The molecule has 0 amide bonds. The van der Waals surface area contributed by atoms with Crippen molar-refractivity contribution in [3.63, 3.8) is 0 Å². The molecule has 4 heteroatoms. The van der Waals surface area contributed by atoms with E-state index in [1.807, 2.05) is 0 Å². The van der Waals surface area contributed by atoms with Crippen molar-refractivity contribution < 1.29 is 4.74 Å². The molecule has 1 saturated heterocycles. The van der Waals surface area contributed by atoms with E-state index in [4.69, 9.17) is 4.74 Å². The first kappa shape index (κ1) is 15.7. The van der Waals surface area contributed by atoms with E-state index >= 15 is 0 Å². The number of nitrogens with one attached hydrogen (secondary N) is 1. The normalized spacial score (nSPS) is 18.2. The van der Waals surface area contributed by atoms with E-state index in [0.717, 1.165) is 32.8 Å². The van der Waals surface area contributed by atoms with Gasteiger partial charge in [0.1, 0.15) is 0 Å². The fourth-order valence-electron chi connectivity index (χ4n) is 2.59. The lowest BCUT2D eigenvalue weighted by Crippen LogP contribution is -2.43. The van der Waals surface area contributed by atoms with Crippen LogP contribution in [0.1, 0.15) is 19.4 Å². The Bertz CT molecular complexity index is 423. The molecule has 0 atom stereocenters. The molecule has 0 saturated carbocycles. The Balaban J connectivity index is 2.03. The van der Waals surface area contributed by atoms with Gasteiger partial charge in [0.05, 0.1) is 6.61 Å². The summed E-state index contributed by atoms with van der Waals surface area (Å²) in [5.41, 5.74) is 2.76. The van der Waals surface area contributed by atoms with Crippen molar-refractivity contribution in [2.45, 2.75) is 25.1 Å². The van der Waals surface area contributed by atoms with Crippen LogP contribution in [0.25, 0.3) is 0 Å². The number of thioether (sulfide) groups is 1. The third kappa shape index (κ3) is 4.40. The first-order valence-corrected chi connectivity index (χ1v) is 8.27. The van der Waals surface area contributed by atoms with Crippen molar-refractivity contribution >= 4 is 17.4 Å². The maximum Gasteiger partial charge on any atom is 0.0587 e. The van der Waals surface area contributed by atoms with Crippen LogP contribution in [0.2, 0.25) is 0 Å². The molecule has 1 aromatic carbocycles. The Morgan fingerprint density at radius 2 is 2.15 bits per heavy atom. The van der Waals surface area contributed by atoms with Gasteiger partial charge in [0.25, 0.3) is 0 Å². The fraction of sp³-hybridized carbons (Fsp3) is 0.625. The van der Waals surface area contributed by atoms with Gasteiger partial charge in [0.15, 0.2) is 0 Å². The van der Waals surface area contributed by atoms with Gasteiger partial charge in [-0.3, -0.25) is 0 Å². The minimum Gasteiger partial charge on any atom is -0.383 e. The van der Waals surface area contributed by atoms with E-state index in [9.17, 15) is 0 Å². The van der Waals surface area contributed by atoms with Gasteiger partial charge >= 0.3 is 0 Å². The fourth-order valence-corrected chi connectivity index (χ4v) is 3.70. The lowest BCUT2D eigenvalue weighted by atomic mass is 10.1. The molecule has 2 rings (SSSR count). The van der Waals surface area contributed by atoms with Crippen LogP contribution < -0.4 is 10.2 Å². The van der Waals surface area contributed by atoms with Crippen LogP contribution in [0.5, 0.6) is 0 Å². The summed E-state index contributed by atoms with van der Waals surface area (Å²) in [6.07, 6.45) is 0. The lowest BCUT2D eigenvalue weighted by molar-refractivity contribution is 0.199. The second-order valence-electron chi connectivity index (χ2n) is 5.83. The Morgan fingerprint density at radius 1 is 1.35 bits per heavy atom. The summed E-state index contributed by atoms with van der Waals surface area (Å²) in [5.74, 6) is 1.21. The molecule has 0 aliphatic carbocycles. The number of hydrogen-bond donors (Lipinski definition) is 1. The molecule has 20 heavy (non-hydrogen) atoms. The van der Waals surface area contributed by atoms with Crippen molar-refractivity contribution in [1.29, 1.82) is 0 Å². The molecular formula is C16H26N2OS. The number of rotatable bonds is 6. The molecule has 0 spiro atoms. The zero-order valence-electron chi connectivity index (χ0n) is 12.8. The molecule has 0 aromatic heterocycles. The van der Waals surface area contributed by atoms with Crippen LogP contribution >= 0.6 is 11.8 Å². The quantitative estimate of drug-likeness (QED) is 0.815. The standard InChI is InChI=1S/C16H26N2OS/c1-16(2)13-18(9-11-20-16)15-7-5-4-6-14(15)12-17-8-10-19-3/h4-7,17H,8-13H2,1-3H3. The molecular weight excluding hydrogens is 268 g/mol. The predicted octanol–water partition coefficient (Wildman–Crippen LogP) is 2.75. The lowest BCUT2D eigenvalue weighted by Gasteiger charge is -2.39. The van der Waals surface area contributed by atoms with E-state index in [0.29, 0.717) is 4.75 Å². The summed E-state index contributed by atoms with van der Waals surface area (Å²) < 4.78 is 5.42. The van der Waals surface area contributed by atoms with E-state index in [1.165, 1.54) is 17.0 Å². The SMILES string of the molecule is COCCNCc1ccccc1N1CCSC(C)(C)C1. The average Bonchev–Trinajstić information content (AvgIpc) is 2.43. The second kappa shape index (κ2) is 7.34. The van der Waals surface area contributed by atoms with Crippen molar-refractivity contribution in [3.05, 3.63) is 29.8 Å². The zero-order valence-corrected chi connectivity index (χ0v) is 13.6. The molecule has 0 unspecified atom stereocenters. The number of hydrogen-bond acceptors (Lipinski definition) is 4. The molecule has 0 radical (unpaired) electrons. The highest BCUT2D eigenvalue weighted by atomic mass is 32.2. The van der Waals surface area contributed by atoms with Gasteiger partial charge in [-0.15, -0.1) is 0 Å². The first-order valence-electron chi connectivity index (χ1n) is 7.29. The maximum atomic E-state index is 5.08. The van der Waals surface area contributed by atoms with Crippen LogP contribution in [0.15, 0.2) is 24.3 Å². The highest BCUT2D eigenvalue weighted by Gasteiger charge is 2.27. The second-order valence-corrected chi connectivity index (χ2v) is 7.63. The number of methoxy groups -OCH3 is 1. The minimum absolute atomic E-state index is 0.342. The number of para-hydroxylation sites is 1. The predicted molar refractivity (Wildman–Crippen MR) is 88.8 cm³/mol. The molecule has 3 nitrogen and oxygen atoms in total. The molecule has 1 aromatic rings. The van der Waals surface area contributed by atoms with E-state index in [1.54, 1.807) is 7.11 Å². The Kier molecular flexibility index (Phi) is 5.75. The summed E-state index contributed by atoms with van der Waals surface area (Å²) in [4.78, 5) is 2.53. The summed E-state index contributed by atoms with van der Waals surface area (Å²) in [7, 11) is 1.74. The van der Waals surface area contributed by atoms with Crippen LogP contribution in [0.4, 0.5) is 5.69 Å². The van der Waals surface area contributed by atoms with Gasteiger partial charge in [-0.1, -0.05) is 18.2 Å². The number of nitrogens with zero attached hydrogens (tertiary/aromatic N) is 1. The molecule has 1 aliphatic heterocycles. The van der Waals surface area contributed by atoms with E-state index in [-0.39, 0.29) is 0 Å². The van der Waals surface area contributed by atoms with Gasteiger partial charge in [0, 0.05) is 49.5 Å². The highest BCUT2D eigenvalue weighted by molar-refractivity contribution is 8.00. The molecule has 1 N–H and O–H groups in total. The molecule has 1 heterocycles. The van der Waals surface area contributed by atoms with Gasteiger partial charge in [-0.05, 0) is 25.5 Å². The van der Waals surface area contributed by atoms with Gasteiger partial charge < -0.3 is 15.0 Å². The Labute approximate surface area is 127 Å². The van der Waals surface area contributed by atoms with Crippen LogP contribution in [0, 0.1) is 0 Å². The first-order chi connectivity index (χ1) is 9.62. The van der Waals surface area contributed by atoms with Crippen LogP contribution in [-0.2, 0) is 11.3 Å². The largest absolute Gasteiger partial charge is 0.383 e. The molecule has 1 fully saturated rings. The topological polar surface area (TPSA) is 24.5 Å². The smallest absolute Gasteiger partial charge is 0.0587 e. The van der Waals surface area contributed by atoms with Crippen LogP contribution in [0.3, 0.4) is 0 Å². The summed E-state index contributed by atoms with van der Waals surface area (Å²) in [6.45, 7) is 9.49. The Hall–Kier alpha value is -0.710. The van der Waals surface area contributed by atoms with E-state index < -0.39 is 0 Å². The Morgan fingerprint density at radius 3 is 2.90 bits per heavy atom. The highest BCUT2D eigenvalue weighted by Crippen LogP contribution is 2.33. The van der Waals surface area contributed by atoms with Crippen molar-refractivity contribution in [1.82, 2.24) is 5.32 Å². The monoisotopic (exact) mass is 294 g/mol. The number of anilines is 1. The molecule has 112 valence electrons. The zero-order chi connectivity index (χ0) is 14.4. The third-order valence-electron chi connectivity index (χ3n) is 3.56. The van der Waals surface area contributed by atoms with Gasteiger partial charge in [-0.2, -0.15) is 11.8 Å². The van der Waals surface area contributed by atoms with E-state index in [2.05, 4.69) is 60.1 Å². The van der Waals surface area contributed by atoms with Gasteiger partial charge in [-0.25, -0.2) is 0 Å². The summed E-state index contributed by atoms with van der Waals surface area (Å²) in [5, 5.41) is 3.45. The maximum absolute atomic E-state index is 5.08. The summed E-state index contributed by atoms with van der Waals surface area (Å²) in [6, 6.07) is 8.74.